The fourth-order valence-corrected chi connectivity index (χ4v) is 0.345. The number of nitrogens with one attached hydrogen (secondary N) is 2. The molecule has 9 heavy (non-hydrogen) atoms. The van der Waals surface area contributed by atoms with E-state index < -0.39 is 0 Å². The van der Waals surface area contributed by atoms with Gasteiger partial charge in [0.15, 0.2) is 0 Å². The Labute approximate surface area is 55.8 Å². The van der Waals surface area contributed by atoms with Gasteiger partial charge >= 0.3 is 0 Å². The zero-order valence-electron chi connectivity index (χ0n) is 5.59. The van der Waals surface area contributed by atoms with Crippen LogP contribution in [0, 0.1) is 5.41 Å². The number of rotatable bonds is 4. The van der Waals surface area contributed by atoms with Crippen molar-refractivity contribution in [2.24, 2.45) is 0 Å². The predicted molar refractivity (Wildman–Crippen MR) is 40.5 cm³/mol. The van der Waals surface area contributed by atoms with Gasteiger partial charge in [0.1, 0.15) is 0 Å². The highest BCUT2D eigenvalue weighted by atomic mass is 14.8. The van der Waals surface area contributed by atoms with Crippen LogP contribution in [0.3, 0.4) is 0 Å². The second-order valence-corrected chi connectivity index (χ2v) is 1.50. The van der Waals surface area contributed by atoms with Gasteiger partial charge in [0.2, 0.25) is 0 Å². The van der Waals surface area contributed by atoms with Gasteiger partial charge < -0.3 is 10.7 Å². The van der Waals surface area contributed by atoms with E-state index in [2.05, 4.69) is 12.2 Å². The molecule has 0 aromatic heterocycles. The summed E-state index contributed by atoms with van der Waals surface area (Å²) in [4.78, 5) is 0. The number of hydrogen-bond acceptors (Lipinski definition) is 2. The summed E-state index contributed by atoms with van der Waals surface area (Å²) in [6, 6.07) is 0. The average Bonchev–Trinajstić information content (AvgIpc) is 1.89. The molecule has 0 aliphatic carbocycles. The highest BCUT2D eigenvalue weighted by Gasteiger charge is 1.63. The van der Waals surface area contributed by atoms with Crippen LogP contribution in [0.2, 0.25) is 0 Å². The second kappa shape index (κ2) is 6.95. The van der Waals surface area contributed by atoms with Crippen molar-refractivity contribution in [1.82, 2.24) is 5.32 Å². The minimum absolute atomic E-state index is 1.03. The third kappa shape index (κ3) is 6.95. The predicted octanol–water partition coefficient (Wildman–Crippen LogP) is 1.66. The van der Waals surface area contributed by atoms with Gasteiger partial charge in [-0.05, 0) is 18.7 Å². The molecule has 0 bridgehead atoms. The molecule has 0 aliphatic heterocycles. The SMILES string of the molecule is CC/C=C\N/C=C\C=N. The fourth-order valence-electron chi connectivity index (χ4n) is 0.345. The van der Waals surface area contributed by atoms with E-state index in [1.807, 2.05) is 12.3 Å². The van der Waals surface area contributed by atoms with Crippen molar-refractivity contribution in [2.75, 3.05) is 0 Å². The van der Waals surface area contributed by atoms with E-state index in [9.17, 15) is 0 Å². The number of allylic oxidation sites excluding steroid dienone is 2. The maximum Gasteiger partial charge on any atom is 0.0192 e. The van der Waals surface area contributed by atoms with Crippen molar-refractivity contribution >= 4 is 6.21 Å². The lowest BCUT2D eigenvalue weighted by Crippen LogP contribution is -1.90. The maximum atomic E-state index is 6.61. The summed E-state index contributed by atoms with van der Waals surface area (Å²) >= 11 is 0. The molecule has 0 aliphatic rings. The molecule has 0 unspecified atom stereocenters. The summed E-state index contributed by atoms with van der Waals surface area (Å²) < 4.78 is 0. The standard InChI is InChI=1S/C7H12N2/c1-2-3-6-9-7-4-5-8/h3-9H,2H2,1H3/b6-3-,7-4-,8-5?. The van der Waals surface area contributed by atoms with Gasteiger partial charge in [-0.1, -0.05) is 13.0 Å². The second-order valence-electron chi connectivity index (χ2n) is 1.50. The van der Waals surface area contributed by atoms with Crippen LogP contribution in [0.15, 0.2) is 24.6 Å². The van der Waals surface area contributed by atoms with Crippen molar-refractivity contribution in [3.63, 3.8) is 0 Å². The van der Waals surface area contributed by atoms with Crippen LogP contribution in [0.4, 0.5) is 0 Å². The minimum Gasteiger partial charge on any atom is -0.368 e. The Morgan fingerprint density at radius 1 is 1.44 bits per heavy atom. The fraction of sp³-hybridized carbons (Fsp3) is 0.286. The van der Waals surface area contributed by atoms with Crippen molar-refractivity contribution in [3.05, 3.63) is 24.6 Å². The summed E-state index contributed by atoms with van der Waals surface area (Å²) in [5, 5.41) is 9.48. The largest absolute Gasteiger partial charge is 0.368 e. The molecule has 0 atom stereocenters. The molecule has 0 aromatic rings. The first-order chi connectivity index (χ1) is 4.41. The van der Waals surface area contributed by atoms with E-state index in [0.29, 0.717) is 0 Å². The highest BCUT2D eigenvalue weighted by molar-refractivity contribution is 5.67. The highest BCUT2D eigenvalue weighted by Crippen LogP contribution is 1.74. The van der Waals surface area contributed by atoms with Gasteiger partial charge in [-0.2, -0.15) is 0 Å². The van der Waals surface area contributed by atoms with Gasteiger partial charge in [0, 0.05) is 12.4 Å². The van der Waals surface area contributed by atoms with Crippen LogP contribution in [-0.2, 0) is 0 Å². The monoisotopic (exact) mass is 124 g/mol. The average molecular weight is 124 g/mol. The van der Waals surface area contributed by atoms with E-state index in [1.54, 1.807) is 12.3 Å². The first-order valence-electron chi connectivity index (χ1n) is 2.98. The summed E-state index contributed by atoms with van der Waals surface area (Å²) in [5.41, 5.74) is 0. The summed E-state index contributed by atoms with van der Waals surface area (Å²) in [7, 11) is 0. The molecule has 0 amide bonds. The number of hydrogen-bond donors (Lipinski definition) is 2. The summed E-state index contributed by atoms with van der Waals surface area (Å²) in [5.74, 6) is 0. The van der Waals surface area contributed by atoms with Gasteiger partial charge in [0.05, 0.1) is 0 Å². The first kappa shape index (κ1) is 7.95. The van der Waals surface area contributed by atoms with Crippen molar-refractivity contribution < 1.29 is 0 Å². The summed E-state index contributed by atoms with van der Waals surface area (Å²) in [6.07, 6.45) is 9.45. The lowest BCUT2D eigenvalue weighted by atomic mass is 10.5. The zero-order chi connectivity index (χ0) is 6.95. The van der Waals surface area contributed by atoms with Crippen LogP contribution in [0.25, 0.3) is 0 Å². The van der Waals surface area contributed by atoms with E-state index >= 15 is 0 Å². The van der Waals surface area contributed by atoms with Crippen LogP contribution in [0.1, 0.15) is 13.3 Å². The molecule has 2 heteroatoms. The van der Waals surface area contributed by atoms with Crippen LogP contribution < -0.4 is 5.32 Å². The smallest absolute Gasteiger partial charge is 0.0192 e. The van der Waals surface area contributed by atoms with Crippen molar-refractivity contribution in [2.45, 2.75) is 13.3 Å². The maximum absolute atomic E-state index is 6.61. The van der Waals surface area contributed by atoms with Crippen LogP contribution in [-0.4, -0.2) is 6.21 Å². The Kier molecular flexibility index (Phi) is 6.14. The molecule has 0 fully saturated rings. The first-order valence-corrected chi connectivity index (χ1v) is 2.98. The molecule has 0 spiro atoms. The molecule has 0 saturated heterocycles. The normalized spacial score (nSPS) is 10.8. The molecule has 0 heterocycles. The Morgan fingerprint density at radius 2 is 2.22 bits per heavy atom. The van der Waals surface area contributed by atoms with E-state index in [4.69, 9.17) is 5.41 Å². The Hall–Kier alpha value is -1.05. The molecule has 2 N–H and O–H groups in total. The zero-order valence-corrected chi connectivity index (χ0v) is 5.59. The van der Waals surface area contributed by atoms with Gasteiger partial charge in [0.25, 0.3) is 0 Å². The lowest BCUT2D eigenvalue weighted by molar-refractivity contribution is 1.14. The molecule has 0 radical (unpaired) electrons. The lowest BCUT2D eigenvalue weighted by Gasteiger charge is -1.84. The molecule has 0 saturated carbocycles. The Bertz CT molecular complexity index is 114. The van der Waals surface area contributed by atoms with Gasteiger partial charge in [-0.25, -0.2) is 0 Å². The molecular formula is C7H12N2. The summed E-state index contributed by atoms with van der Waals surface area (Å²) in [6.45, 7) is 2.07. The van der Waals surface area contributed by atoms with Crippen LogP contribution >= 0.6 is 0 Å². The minimum atomic E-state index is 1.03. The van der Waals surface area contributed by atoms with E-state index in [-0.39, 0.29) is 0 Å². The third-order valence-electron chi connectivity index (χ3n) is 0.738. The van der Waals surface area contributed by atoms with Crippen molar-refractivity contribution in [3.8, 4) is 0 Å². The Morgan fingerprint density at radius 3 is 2.78 bits per heavy atom. The molecule has 0 rings (SSSR count). The van der Waals surface area contributed by atoms with Gasteiger partial charge in [-0.15, -0.1) is 0 Å². The molecule has 2 nitrogen and oxygen atoms in total. The van der Waals surface area contributed by atoms with Gasteiger partial charge in [-0.3, -0.25) is 0 Å². The molecule has 0 aromatic carbocycles. The Balaban J connectivity index is 3.17. The quantitative estimate of drug-likeness (QED) is 0.549. The van der Waals surface area contributed by atoms with E-state index in [0.717, 1.165) is 6.42 Å². The molecule has 50 valence electrons. The van der Waals surface area contributed by atoms with Crippen LogP contribution in [0.5, 0.6) is 0 Å². The third-order valence-corrected chi connectivity index (χ3v) is 0.738. The van der Waals surface area contributed by atoms with Crippen molar-refractivity contribution in [1.29, 1.82) is 5.41 Å². The molecular weight excluding hydrogens is 112 g/mol. The topological polar surface area (TPSA) is 35.9 Å². The van der Waals surface area contributed by atoms with E-state index in [1.165, 1.54) is 6.21 Å².